The summed E-state index contributed by atoms with van der Waals surface area (Å²) in [6, 6.07) is 19.8. The molecule has 5 rings (SSSR count). The highest BCUT2D eigenvalue weighted by molar-refractivity contribution is 9.10. The number of nitrogens with one attached hydrogen (secondary N) is 1. The predicted octanol–water partition coefficient (Wildman–Crippen LogP) is 4.71. The lowest BCUT2D eigenvalue weighted by Gasteiger charge is -2.18. The minimum Gasteiger partial charge on any atom is -0.486 e. The van der Waals surface area contributed by atoms with E-state index < -0.39 is 5.91 Å². The Morgan fingerprint density at radius 2 is 1.71 bits per heavy atom. The van der Waals surface area contributed by atoms with E-state index in [2.05, 4.69) is 21.2 Å². The number of hydrogen-bond acceptors (Lipinski definition) is 5. The van der Waals surface area contributed by atoms with Crippen molar-refractivity contribution in [2.45, 2.75) is 6.42 Å². The van der Waals surface area contributed by atoms with Crippen molar-refractivity contribution in [3.05, 3.63) is 93.6 Å². The first kappa shape index (κ1) is 21.9. The Kier molecular flexibility index (Phi) is 5.90. The monoisotopic (exact) mass is 517 g/mol. The summed E-state index contributed by atoms with van der Waals surface area (Å²) in [5.41, 5.74) is 9.58. The van der Waals surface area contributed by atoms with Gasteiger partial charge in [-0.05, 0) is 66.2 Å². The Morgan fingerprint density at radius 1 is 0.912 bits per heavy atom. The number of carbonyl (C=O) groups is 2. The summed E-state index contributed by atoms with van der Waals surface area (Å²) < 4.78 is 12.0. The van der Waals surface area contributed by atoms with Gasteiger partial charge in [-0.15, -0.1) is 0 Å². The number of amides is 2. The van der Waals surface area contributed by atoms with Crippen LogP contribution in [0.15, 0.2) is 71.2 Å². The fourth-order valence-corrected chi connectivity index (χ4v) is 4.18. The Hall–Kier alpha value is -3.91. The average molecular weight is 518 g/mol. The van der Waals surface area contributed by atoms with Crippen LogP contribution in [-0.4, -0.2) is 30.0 Å². The summed E-state index contributed by atoms with van der Waals surface area (Å²) in [6.07, 6.45) is 0.557. The number of ether oxygens (including phenoxy) is 2. The molecule has 1 aliphatic rings. The van der Waals surface area contributed by atoms with Gasteiger partial charge >= 0.3 is 0 Å². The van der Waals surface area contributed by atoms with Gasteiger partial charge in [0.05, 0.1) is 5.52 Å². The third-order valence-corrected chi connectivity index (χ3v) is 6.28. The molecule has 0 aliphatic carbocycles. The van der Waals surface area contributed by atoms with E-state index >= 15 is 0 Å². The second kappa shape index (κ2) is 9.15. The zero-order valence-electron chi connectivity index (χ0n) is 18.0. The van der Waals surface area contributed by atoms with Crippen molar-refractivity contribution in [3.63, 3.8) is 0 Å². The maximum atomic E-state index is 12.8. The highest BCUT2D eigenvalue weighted by Gasteiger charge is 2.16. The van der Waals surface area contributed by atoms with Crippen LogP contribution in [0.5, 0.6) is 11.5 Å². The van der Waals surface area contributed by atoms with Crippen molar-refractivity contribution in [1.82, 2.24) is 4.98 Å². The van der Waals surface area contributed by atoms with Gasteiger partial charge in [-0.1, -0.05) is 22.0 Å². The van der Waals surface area contributed by atoms with E-state index in [1.54, 1.807) is 36.4 Å². The van der Waals surface area contributed by atoms with E-state index in [1.165, 1.54) is 0 Å². The Balaban J connectivity index is 1.35. The maximum absolute atomic E-state index is 12.8. The van der Waals surface area contributed by atoms with Crippen LogP contribution < -0.4 is 20.5 Å². The van der Waals surface area contributed by atoms with Gasteiger partial charge in [0, 0.05) is 38.8 Å². The highest BCUT2D eigenvalue weighted by Crippen LogP contribution is 2.31. The quantitative estimate of drug-likeness (QED) is 0.399. The third-order valence-electron chi connectivity index (χ3n) is 5.51. The fraction of sp³-hybridized carbons (Fsp3) is 0.115. The number of carbonyl (C=O) groups excluding carboxylic acids is 2. The first-order valence-electron chi connectivity index (χ1n) is 10.7. The number of nitrogens with zero attached hydrogens (tertiary/aromatic N) is 1. The molecule has 0 fully saturated rings. The number of benzene rings is 3. The molecular formula is C26H20BrN3O4. The third kappa shape index (κ3) is 4.58. The zero-order chi connectivity index (χ0) is 23.7. The molecule has 2 heterocycles. The standard InChI is InChI=1S/C26H20BrN3O4/c27-21-6-5-20(30-26(32)17-3-8-23-24(14-17)34-10-9-33-23)13-18(21)12-19-4-1-15-11-16(25(28)31)2-7-22(15)29-19/h1-8,11,13-14H,9-10,12H2,(H2,28,31)(H,30,32). The van der Waals surface area contributed by atoms with E-state index in [-0.39, 0.29) is 5.91 Å². The molecule has 0 saturated carbocycles. The second-order valence-corrected chi connectivity index (χ2v) is 8.72. The summed E-state index contributed by atoms with van der Waals surface area (Å²) in [5.74, 6) is 0.507. The lowest BCUT2D eigenvalue weighted by atomic mass is 10.1. The number of primary amides is 1. The number of fused-ring (bicyclic) bond motifs is 2. The minimum absolute atomic E-state index is 0.237. The van der Waals surface area contributed by atoms with E-state index in [0.717, 1.165) is 26.6 Å². The van der Waals surface area contributed by atoms with Gasteiger partial charge in [0.1, 0.15) is 13.2 Å². The zero-order valence-corrected chi connectivity index (χ0v) is 19.6. The number of halogens is 1. The average Bonchev–Trinajstić information content (AvgIpc) is 2.85. The Morgan fingerprint density at radius 3 is 2.53 bits per heavy atom. The molecule has 3 N–H and O–H groups in total. The van der Waals surface area contributed by atoms with Gasteiger partial charge in [-0.2, -0.15) is 0 Å². The molecular weight excluding hydrogens is 498 g/mol. The van der Waals surface area contributed by atoms with Crippen LogP contribution in [-0.2, 0) is 6.42 Å². The number of anilines is 1. The fourth-order valence-electron chi connectivity index (χ4n) is 3.79. The van der Waals surface area contributed by atoms with Crippen molar-refractivity contribution < 1.29 is 19.1 Å². The molecule has 4 aromatic rings. The van der Waals surface area contributed by atoms with Gasteiger partial charge in [0.2, 0.25) is 5.91 Å². The molecule has 7 nitrogen and oxygen atoms in total. The SMILES string of the molecule is NC(=O)c1ccc2nc(Cc3cc(NC(=O)c4ccc5c(c4)OCCO5)ccc3Br)ccc2c1. The number of aromatic nitrogens is 1. The van der Waals surface area contributed by atoms with Gasteiger partial charge < -0.3 is 20.5 Å². The van der Waals surface area contributed by atoms with E-state index in [4.69, 9.17) is 20.2 Å². The first-order chi connectivity index (χ1) is 16.5. The molecule has 170 valence electrons. The largest absolute Gasteiger partial charge is 0.486 e. The smallest absolute Gasteiger partial charge is 0.255 e. The second-order valence-electron chi connectivity index (χ2n) is 7.87. The van der Waals surface area contributed by atoms with Crippen molar-refractivity contribution in [3.8, 4) is 11.5 Å². The lowest BCUT2D eigenvalue weighted by Crippen LogP contribution is -2.17. The van der Waals surface area contributed by atoms with Crippen molar-refractivity contribution in [2.75, 3.05) is 18.5 Å². The molecule has 0 saturated heterocycles. The van der Waals surface area contributed by atoms with Gasteiger partial charge in [0.15, 0.2) is 11.5 Å². The van der Waals surface area contributed by atoms with Crippen LogP contribution in [0.1, 0.15) is 32.0 Å². The number of nitrogens with two attached hydrogens (primary N) is 1. The number of hydrogen-bond donors (Lipinski definition) is 2. The Bertz CT molecular complexity index is 1440. The molecule has 3 aromatic carbocycles. The summed E-state index contributed by atoms with van der Waals surface area (Å²) in [7, 11) is 0. The van der Waals surface area contributed by atoms with Crippen LogP contribution in [0.25, 0.3) is 10.9 Å². The number of pyridine rings is 1. The van der Waals surface area contributed by atoms with Gasteiger partial charge in [-0.25, -0.2) is 0 Å². The molecule has 1 aliphatic heterocycles. The summed E-state index contributed by atoms with van der Waals surface area (Å²) in [4.78, 5) is 28.9. The number of rotatable bonds is 5. The van der Waals surface area contributed by atoms with E-state index in [0.29, 0.717) is 47.9 Å². The Labute approximate surface area is 204 Å². The van der Waals surface area contributed by atoms with Crippen LogP contribution in [0, 0.1) is 0 Å². The lowest BCUT2D eigenvalue weighted by molar-refractivity contribution is 0.0997. The normalized spacial score (nSPS) is 12.4. The molecule has 1 aromatic heterocycles. The molecule has 0 atom stereocenters. The highest BCUT2D eigenvalue weighted by atomic mass is 79.9. The molecule has 8 heteroatoms. The molecule has 0 unspecified atom stereocenters. The summed E-state index contributed by atoms with van der Waals surface area (Å²) in [5, 5.41) is 3.79. The predicted molar refractivity (Wildman–Crippen MR) is 133 cm³/mol. The summed E-state index contributed by atoms with van der Waals surface area (Å²) >= 11 is 3.59. The van der Waals surface area contributed by atoms with Crippen LogP contribution >= 0.6 is 15.9 Å². The van der Waals surface area contributed by atoms with E-state index in [1.807, 2.05) is 30.3 Å². The molecule has 0 bridgehead atoms. The van der Waals surface area contributed by atoms with Crippen LogP contribution in [0.4, 0.5) is 5.69 Å². The van der Waals surface area contributed by atoms with Crippen molar-refractivity contribution in [1.29, 1.82) is 0 Å². The van der Waals surface area contributed by atoms with Crippen molar-refractivity contribution >= 4 is 44.3 Å². The summed E-state index contributed by atoms with van der Waals surface area (Å²) in [6.45, 7) is 0.962. The molecule has 0 spiro atoms. The van der Waals surface area contributed by atoms with E-state index in [9.17, 15) is 9.59 Å². The molecule has 2 amide bonds. The maximum Gasteiger partial charge on any atom is 0.255 e. The molecule has 0 radical (unpaired) electrons. The van der Waals surface area contributed by atoms with Gasteiger partial charge in [-0.3, -0.25) is 14.6 Å². The topological polar surface area (TPSA) is 104 Å². The van der Waals surface area contributed by atoms with Crippen LogP contribution in [0.2, 0.25) is 0 Å². The van der Waals surface area contributed by atoms with Crippen LogP contribution in [0.3, 0.4) is 0 Å². The van der Waals surface area contributed by atoms with Crippen molar-refractivity contribution in [2.24, 2.45) is 5.73 Å². The minimum atomic E-state index is -0.468. The first-order valence-corrected chi connectivity index (χ1v) is 11.4. The van der Waals surface area contributed by atoms with Gasteiger partial charge in [0.25, 0.3) is 5.91 Å². The molecule has 34 heavy (non-hydrogen) atoms.